The summed E-state index contributed by atoms with van der Waals surface area (Å²) in [6.45, 7) is 2.97. The van der Waals surface area contributed by atoms with E-state index >= 15 is 0 Å². The zero-order valence-corrected chi connectivity index (χ0v) is 13.1. The van der Waals surface area contributed by atoms with Crippen molar-refractivity contribution in [2.75, 3.05) is 33.7 Å². The monoisotopic (exact) mass is 289 g/mol. The van der Waals surface area contributed by atoms with Gasteiger partial charge in [0.2, 0.25) is 0 Å². The summed E-state index contributed by atoms with van der Waals surface area (Å²) in [4.78, 5) is 4.89. The SMILES string of the molecule is CN(C)C1CCN(C(CN)c2csc3ccccc23)C1. The average molecular weight is 289 g/mol. The Hall–Kier alpha value is -0.940. The van der Waals surface area contributed by atoms with E-state index in [1.54, 1.807) is 0 Å². The van der Waals surface area contributed by atoms with Gasteiger partial charge in [-0.1, -0.05) is 18.2 Å². The fourth-order valence-electron chi connectivity index (χ4n) is 3.20. The van der Waals surface area contributed by atoms with Gasteiger partial charge in [0.15, 0.2) is 0 Å². The van der Waals surface area contributed by atoms with Crippen LogP contribution in [-0.4, -0.2) is 49.6 Å². The Morgan fingerprint density at radius 1 is 1.40 bits per heavy atom. The molecule has 2 unspecified atom stereocenters. The average Bonchev–Trinajstić information content (AvgIpc) is 3.08. The second-order valence-electron chi connectivity index (χ2n) is 5.84. The topological polar surface area (TPSA) is 32.5 Å². The first kappa shape index (κ1) is 14.0. The van der Waals surface area contributed by atoms with E-state index in [0.717, 1.165) is 13.1 Å². The fourth-order valence-corrected chi connectivity index (χ4v) is 4.21. The van der Waals surface area contributed by atoms with Crippen molar-refractivity contribution in [1.82, 2.24) is 9.80 Å². The Kier molecular flexibility index (Phi) is 4.08. The third-order valence-electron chi connectivity index (χ3n) is 4.46. The van der Waals surface area contributed by atoms with E-state index in [9.17, 15) is 0 Å². The van der Waals surface area contributed by atoms with Gasteiger partial charge in [-0.2, -0.15) is 0 Å². The quantitative estimate of drug-likeness (QED) is 0.939. The molecular weight excluding hydrogens is 266 g/mol. The summed E-state index contributed by atoms with van der Waals surface area (Å²) in [7, 11) is 4.34. The second kappa shape index (κ2) is 5.82. The molecule has 1 aliphatic heterocycles. The van der Waals surface area contributed by atoms with E-state index in [-0.39, 0.29) is 0 Å². The van der Waals surface area contributed by atoms with E-state index in [2.05, 4.69) is 53.5 Å². The molecule has 0 saturated carbocycles. The predicted molar refractivity (Wildman–Crippen MR) is 87.3 cm³/mol. The molecule has 2 atom stereocenters. The number of fused-ring (bicyclic) bond motifs is 1. The first-order valence-electron chi connectivity index (χ1n) is 7.27. The van der Waals surface area contributed by atoms with Crippen LogP contribution in [0.4, 0.5) is 0 Å². The van der Waals surface area contributed by atoms with Crippen molar-refractivity contribution in [3.8, 4) is 0 Å². The van der Waals surface area contributed by atoms with Crippen LogP contribution < -0.4 is 5.73 Å². The Morgan fingerprint density at radius 2 is 2.20 bits per heavy atom. The zero-order valence-electron chi connectivity index (χ0n) is 12.2. The van der Waals surface area contributed by atoms with Gasteiger partial charge in [-0.3, -0.25) is 4.90 Å². The largest absolute Gasteiger partial charge is 0.329 e. The maximum Gasteiger partial charge on any atom is 0.0485 e. The molecule has 0 aliphatic carbocycles. The molecule has 108 valence electrons. The molecule has 2 N–H and O–H groups in total. The Labute approximate surface area is 125 Å². The van der Waals surface area contributed by atoms with Crippen LogP contribution in [0.5, 0.6) is 0 Å². The number of hydrogen-bond acceptors (Lipinski definition) is 4. The third kappa shape index (κ3) is 2.49. The molecule has 0 spiro atoms. The van der Waals surface area contributed by atoms with E-state index in [1.165, 1.54) is 22.1 Å². The first-order valence-corrected chi connectivity index (χ1v) is 8.15. The summed E-state index contributed by atoms with van der Waals surface area (Å²) in [5, 5.41) is 3.67. The van der Waals surface area contributed by atoms with Crippen LogP contribution in [0, 0.1) is 0 Å². The van der Waals surface area contributed by atoms with Crippen LogP contribution in [0.2, 0.25) is 0 Å². The molecular formula is C16H23N3S. The van der Waals surface area contributed by atoms with Crippen molar-refractivity contribution >= 4 is 21.4 Å². The van der Waals surface area contributed by atoms with Crippen LogP contribution >= 0.6 is 11.3 Å². The van der Waals surface area contributed by atoms with Gasteiger partial charge in [0.05, 0.1) is 0 Å². The number of rotatable bonds is 4. The van der Waals surface area contributed by atoms with Gasteiger partial charge in [-0.05, 0) is 42.9 Å². The molecule has 4 heteroatoms. The van der Waals surface area contributed by atoms with Crippen LogP contribution in [0.3, 0.4) is 0 Å². The summed E-state index contributed by atoms with van der Waals surface area (Å²) in [6.07, 6.45) is 1.24. The number of hydrogen-bond donors (Lipinski definition) is 1. The molecule has 1 aromatic heterocycles. The number of likely N-dealkylation sites (tertiary alicyclic amines) is 1. The summed E-state index contributed by atoms with van der Waals surface area (Å²) in [5.41, 5.74) is 7.52. The van der Waals surface area contributed by atoms with Crippen LogP contribution in [0.25, 0.3) is 10.1 Å². The lowest BCUT2D eigenvalue weighted by Crippen LogP contribution is -2.35. The number of nitrogens with two attached hydrogens (primary N) is 1. The van der Waals surface area contributed by atoms with Gasteiger partial charge in [0.1, 0.15) is 0 Å². The first-order chi connectivity index (χ1) is 9.70. The Balaban J connectivity index is 1.87. The second-order valence-corrected chi connectivity index (χ2v) is 6.75. The number of thiophene rings is 1. The Morgan fingerprint density at radius 3 is 2.90 bits per heavy atom. The minimum Gasteiger partial charge on any atom is -0.329 e. The lowest BCUT2D eigenvalue weighted by Gasteiger charge is -2.27. The molecule has 1 fully saturated rings. The number of nitrogens with zero attached hydrogens (tertiary/aromatic N) is 2. The van der Waals surface area contributed by atoms with Crippen molar-refractivity contribution in [2.24, 2.45) is 5.73 Å². The van der Waals surface area contributed by atoms with E-state index in [0.29, 0.717) is 18.6 Å². The highest BCUT2D eigenvalue weighted by Crippen LogP contribution is 2.34. The predicted octanol–water partition coefficient (Wildman–Crippen LogP) is 2.54. The standard InChI is InChI=1S/C16H23N3S/c1-18(2)12-7-8-19(10-12)15(9-17)14-11-20-16-6-4-3-5-13(14)16/h3-6,11-12,15H,7-10,17H2,1-2H3. The lowest BCUT2D eigenvalue weighted by molar-refractivity contribution is 0.222. The summed E-state index contributed by atoms with van der Waals surface area (Å²) in [6, 6.07) is 9.68. The Bertz CT molecular complexity index is 578. The maximum absolute atomic E-state index is 6.11. The highest BCUT2D eigenvalue weighted by molar-refractivity contribution is 7.17. The van der Waals surface area contributed by atoms with Crippen LogP contribution in [0.1, 0.15) is 18.0 Å². The molecule has 0 radical (unpaired) electrons. The van der Waals surface area contributed by atoms with E-state index in [1.807, 2.05) is 11.3 Å². The van der Waals surface area contributed by atoms with Gasteiger partial charge < -0.3 is 10.6 Å². The molecule has 1 aromatic carbocycles. The van der Waals surface area contributed by atoms with Crippen LogP contribution in [-0.2, 0) is 0 Å². The molecule has 2 aromatic rings. The normalized spacial score (nSPS) is 21.9. The smallest absolute Gasteiger partial charge is 0.0485 e. The zero-order chi connectivity index (χ0) is 14.1. The fraction of sp³-hybridized carbons (Fsp3) is 0.500. The minimum atomic E-state index is 0.357. The van der Waals surface area contributed by atoms with Gasteiger partial charge >= 0.3 is 0 Å². The van der Waals surface area contributed by atoms with E-state index < -0.39 is 0 Å². The molecule has 3 rings (SSSR count). The van der Waals surface area contributed by atoms with Gasteiger partial charge in [0, 0.05) is 36.4 Å². The minimum absolute atomic E-state index is 0.357. The van der Waals surface area contributed by atoms with Gasteiger partial charge in [-0.15, -0.1) is 11.3 Å². The van der Waals surface area contributed by atoms with Gasteiger partial charge in [-0.25, -0.2) is 0 Å². The molecule has 0 amide bonds. The molecule has 1 aliphatic rings. The lowest BCUT2D eigenvalue weighted by atomic mass is 10.0. The summed E-state index contributed by atoms with van der Waals surface area (Å²) < 4.78 is 1.37. The number of likely N-dealkylation sites (N-methyl/N-ethyl adjacent to an activating group) is 1. The van der Waals surface area contributed by atoms with Crippen LogP contribution in [0.15, 0.2) is 29.6 Å². The summed E-state index contributed by atoms with van der Waals surface area (Å²) in [5.74, 6) is 0. The molecule has 3 nitrogen and oxygen atoms in total. The van der Waals surface area contributed by atoms with E-state index in [4.69, 9.17) is 5.73 Å². The molecule has 1 saturated heterocycles. The van der Waals surface area contributed by atoms with Crippen molar-refractivity contribution in [3.63, 3.8) is 0 Å². The molecule has 2 heterocycles. The van der Waals surface area contributed by atoms with Crippen molar-refractivity contribution < 1.29 is 0 Å². The van der Waals surface area contributed by atoms with Crippen molar-refractivity contribution in [3.05, 3.63) is 35.2 Å². The van der Waals surface area contributed by atoms with Crippen molar-refractivity contribution in [2.45, 2.75) is 18.5 Å². The summed E-state index contributed by atoms with van der Waals surface area (Å²) >= 11 is 1.83. The molecule has 0 bridgehead atoms. The highest BCUT2D eigenvalue weighted by Gasteiger charge is 2.30. The third-order valence-corrected chi connectivity index (χ3v) is 5.44. The maximum atomic E-state index is 6.11. The van der Waals surface area contributed by atoms with Crippen molar-refractivity contribution in [1.29, 1.82) is 0 Å². The van der Waals surface area contributed by atoms with Gasteiger partial charge in [0.25, 0.3) is 0 Å². The molecule has 20 heavy (non-hydrogen) atoms. The highest BCUT2D eigenvalue weighted by atomic mass is 32.1. The number of benzene rings is 1.